The van der Waals surface area contributed by atoms with Crippen LogP contribution in [0.25, 0.3) is 16.6 Å². The second-order valence-electron chi connectivity index (χ2n) is 6.19. The van der Waals surface area contributed by atoms with Crippen molar-refractivity contribution in [2.24, 2.45) is 0 Å². The van der Waals surface area contributed by atoms with E-state index in [-0.39, 0.29) is 11.7 Å². The van der Waals surface area contributed by atoms with E-state index < -0.39 is 0 Å². The number of rotatable bonds is 5. The Morgan fingerprint density at radius 1 is 1.08 bits per heavy atom. The minimum Gasteiger partial charge on any atom is -0.508 e. The largest absolute Gasteiger partial charge is 0.508 e. The summed E-state index contributed by atoms with van der Waals surface area (Å²) < 4.78 is 2.00. The number of hydrogen-bond acceptors (Lipinski definition) is 2. The van der Waals surface area contributed by atoms with Crippen molar-refractivity contribution in [1.82, 2.24) is 14.9 Å². The Hall–Kier alpha value is -3.47. The Labute approximate surface area is 150 Å². The van der Waals surface area contributed by atoms with Gasteiger partial charge in [0.15, 0.2) is 0 Å². The lowest BCUT2D eigenvalue weighted by Crippen LogP contribution is -2.25. The Kier molecular flexibility index (Phi) is 4.19. The van der Waals surface area contributed by atoms with Gasteiger partial charge in [-0.25, -0.2) is 0 Å². The number of carbonyl (C=O) groups excluding carboxylic acids is 1. The van der Waals surface area contributed by atoms with Gasteiger partial charge in [-0.3, -0.25) is 4.79 Å². The van der Waals surface area contributed by atoms with Crippen LogP contribution in [0.5, 0.6) is 5.75 Å². The Morgan fingerprint density at radius 3 is 2.62 bits per heavy atom. The summed E-state index contributed by atoms with van der Waals surface area (Å²) in [6.07, 6.45) is 6.58. The van der Waals surface area contributed by atoms with Gasteiger partial charge in [-0.15, -0.1) is 0 Å². The smallest absolute Gasteiger partial charge is 0.251 e. The monoisotopic (exact) mass is 345 g/mol. The van der Waals surface area contributed by atoms with E-state index in [0.29, 0.717) is 12.1 Å². The number of aromatic hydroxyl groups is 1. The SMILES string of the molecule is O=C(NCCc1c[nH]c2cc(O)ccc12)c1ccc(-n2cccc2)cc1. The first kappa shape index (κ1) is 16.0. The first-order valence-corrected chi connectivity index (χ1v) is 8.51. The molecule has 0 atom stereocenters. The molecule has 5 nitrogen and oxygen atoms in total. The van der Waals surface area contributed by atoms with E-state index in [4.69, 9.17) is 0 Å². The average molecular weight is 345 g/mol. The number of phenols is 1. The van der Waals surface area contributed by atoms with Crippen molar-refractivity contribution in [3.63, 3.8) is 0 Å². The van der Waals surface area contributed by atoms with Crippen molar-refractivity contribution >= 4 is 16.8 Å². The summed E-state index contributed by atoms with van der Waals surface area (Å²) in [5.41, 5.74) is 3.67. The summed E-state index contributed by atoms with van der Waals surface area (Å²) >= 11 is 0. The molecule has 130 valence electrons. The number of hydrogen-bond donors (Lipinski definition) is 3. The van der Waals surface area contributed by atoms with Crippen molar-refractivity contribution in [3.05, 3.63) is 84.3 Å². The molecule has 1 amide bonds. The van der Waals surface area contributed by atoms with Gasteiger partial charge in [0.05, 0.1) is 0 Å². The first-order valence-electron chi connectivity index (χ1n) is 8.51. The third-order valence-electron chi connectivity index (χ3n) is 4.46. The number of aromatic nitrogens is 2. The maximum absolute atomic E-state index is 12.3. The van der Waals surface area contributed by atoms with Crippen molar-refractivity contribution in [2.75, 3.05) is 6.54 Å². The molecule has 2 heterocycles. The molecular formula is C21H19N3O2. The number of benzene rings is 2. The van der Waals surface area contributed by atoms with Crippen LogP contribution in [0, 0.1) is 0 Å². The molecule has 0 saturated carbocycles. The Bertz CT molecular complexity index is 1030. The van der Waals surface area contributed by atoms with E-state index in [2.05, 4.69) is 10.3 Å². The second kappa shape index (κ2) is 6.80. The molecule has 2 aromatic heterocycles. The lowest BCUT2D eigenvalue weighted by Gasteiger charge is -2.07. The van der Waals surface area contributed by atoms with E-state index in [1.54, 1.807) is 12.1 Å². The van der Waals surface area contributed by atoms with Crippen LogP contribution in [0.2, 0.25) is 0 Å². The summed E-state index contributed by atoms with van der Waals surface area (Å²) in [6.45, 7) is 0.548. The fourth-order valence-electron chi connectivity index (χ4n) is 3.09. The molecule has 0 aliphatic rings. The number of amides is 1. The predicted octanol–water partition coefficient (Wildman–Crippen LogP) is 3.64. The van der Waals surface area contributed by atoms with Gasteiger partial charge < -0.3 is 20.0 Å². The van der Waals surface area contributed by atoms with Crippen molar-refractivity contribution in [2.45, 2.75) is 6.42 Å². The average Bonchev–Trinajstić information content (AvgIpc) is 3.32. The van der Waals surface area contributed by atoms with E-state index in [0.717, 1.165) is 28.6 Å². The van der Waals surface area contributed by atoms with Crippen LogP contribution < -0.4 is 5.32 Å². The maximum Gasteiger partial charge on any atom is 0.251 e. The van der Waals surface area contributed by atoms with Crippen LogP contribution in [0.3, 0.4) is 0 Å². The molecule has 5 heteroatoms. The molecule has 0 aliphatic carbocycles. The first-order chi connectivity index (χ1) is 12.7. The number of fused-ring (bicyclic) bond motifs is 1. The summed E-state index contributed by atoms with van der Waals surface area (Å²) in [5, 5.41) is 13.5. The molecule has 0 aliphatic heterocycles. The zero-order chi connectivity index (χ0) is 17.9. The number of nitrogens with one attached hydrogen (secondary N) is 2. The van der Waals surface area contributed by atoms with E-state index in [1.165, 1.54) is 0 Å². The summed E-state index contributed by atoms with van der Waals surface area (Å²) in [4.78, 5) is 15.5. The van der Waals surface area contributed by atoms with E-state index in [9.17, 15) is 9.90 Å². The standard InChI is InChI=1S/C21H19N3O2/c25-18-7-8-19-16(14-23-20(19)13-18)9-10-22-21(26)15-3-5-17(6-4-15)24-11-1-2-12-24/h1-8,11-14,23,25H,9-10H2,(H,22,26). The number of aromatic amines is 1. The van der Waals surface area contributed by atoms with Gasteiger partial charge in [0.2, 0.25) is 0 Å². The van der Waals surface area contributed by atoms with Gasteiger partial charge in [0.1, 0.15) is 5.75 Å². The zero-order valence-electron chi connectivity index (χ0n) is 14.1. The highest BCUT2D eigenvalue weighted by atomic mass is 16.3. The molecule has 3 N–H and O–H groups in total. The van der Waals surface area contributed by atoms with Crippen LogP contribution in [-0.2, 0) is 6.42 Å². The number of carbonyl (C=O) groups is 1. The summed E-state index contributed by atoms with van der Waals surface area (Å²) in [7, 11) is 0. The van der Waals surface area contributed by atoms with Gasteiger partial charge in [-0.2, -0.15) is 0 Å². The second-order valence-corrected chi connectivity index (χ2v) is 6.19. The van der Waals surface area contributed by atoms with Gasteiger partial charge in [-0.1, -0.05) is 0 Å². The highest BCUT2D eigenvalue weighted by molar-refractivity contribution is 5.94. The van der Waals surface area contributed by atoms with Gasteiger partial charge >= 0.3 is 0 Å². The fraction of sp³-hybridized carbons (Fsp3) is 0.0952. The van der Waals surface area contributed by atoms with Gasteiger partial charge in [-0.05, 0) is 60.5 Å². The van der Waals surface area contributed by atoms with Crippen molar-refractivity contribution in [3.8, 4) is 11.4 Å². The summed E-state index contributed by atoms with van der Waals surface area (Å²) in [6, 6.07) is 16.7. The zero-order valence-corrected chi connectivity index (χ0v) is 14.1. The third kappa shape index (κ3) is 3.19. The van der Waals surface area contributed by atoms with Crippen LogP contribution in [0.1, 0.15) is 15.9 Å². The van der Waals surface area contributed by atoms with Crippen LogP contribution in [0.15, 0.2) is 73.2 Å². The Balaban J connectivity index is 1.37. The predicted molar refractivity (Wildman–Crippen MR) is 102 cm³/mol. The molecule has 4 rings (SSSR count). The van der Waals surface area contributed by atoms with Crippen molar-refractivity contribution < 1.29 is 9.90 Å². The van der Waals surface area contributed by atoms with Crippen LogP contribution in [-0.4, -0.2) is 27.1 Å². The summed E-state index contributed by atoms with van der Waals surface area (Å²) in [5.74, 6) is 0.157. The highest BCUT2D eigenvalue weighted by Gasteiger charge is 2.08. The number of H-pyrrole nitrogens is 1. The van der Waals surface area contributed by atoms with E-state index >= 15 is 0 Å². The molecule has 0 bridgehead atoms. The molecule has 0 radical (unpaired) electrons. The van der Waals surface area contributed by atoms with Gasteiger partial charge in [0, 0.05) is 53.4 Å². The molecule has 0 unspecified atom stereocenters. The minimum atomic E-state index is -0.0819. The number of phenolic OH excluding ortho intramolecular Hbond substituents is 1. The minimum absolute atomic E-state index is 0.0819. The van der Waals surface area contributed by atoms with Crippen molar-refractivity contribution in [1.29, 1.82) is 0 Å². The van der Waals surface area contributed by atoms with Crippen LogP contribution in [0.4, 0.5) is 0 Å². The molecule has 26 heavy (non-hydrogen) atoms. The number of nitrogens with zero attached hydrogens (tertiary/aromatic N) is 1. The molecule has 0 saturated heterocycles. The highest BCUT2D eigenvalue weighted by Crippen LogP contribution is 2.22. The lowest BCUT2D eigenvalue weighted by molar-refractivity contribution is 0.0954. The molecular weight excluding hydrogens is 326 g/mol. The van der Waals surface area contributed by atoms with Gasteiger partial charge in [0.25, 0.3) is 5.91 Å². The molecule has 0 fully saturated rings. The fourth-order valence-corrected chi connectivity index (χ4v) is 3.09. The molecule has 4 aromatic rings. The topological polar surface area (TPSA) is 70.1 Å². The van der Waals surface area contributed by atoms with E-state index in [1.807, 2.05) is 65.6 Å². The maximum atomic E-state index is 12.3. The lowest BCUT2D eigenvalue weighted by atomic mass is 10.1. The quantitative estimate of drug-likeness (QED) is 0.517. The molecule has 0 spiro atoms. The Morgan fingerprint density at radius 2 is 1.85 bits per heavy atom. The van der Waals surface area contributed by atoms with Crippen LogP contribution >= 0.6 is 0 Å². The normalized spacial score (nSPS) is 10.9. The third-order valence-corrected chi connectivity index (χ3v) is 4.46. The molecule has 2 aromatic carbocycles.